The van der Waals surface area contributed by atoms with Gasteiger partial charge in [-0.25, -0.2) is 8.78 Å². The topological polar surface area (TPSA) is 26.0 Å². The van der Waals surface area contributed by atoms with Gasteiger partial charge in [-0.3, -0.25) is 0 Å². The molecule has 0 aromatic carbocycles. The number of halogens is 2. The van der Waals surface area contributed by atoms with E-state index in [9.17, 15) is 8.78 Å². The highest BCUT2D eigenvalue weighted by atomic mass is 19.3. The first-order valence-electron chi connectivity index (χ1n) is 3.74. The zero-order valence-electron chi connectivity index (χ0n) is 5.89. The Morgan fingerprint density at radius 2 is 2.00 bits per heavy atom. The highest BCUT2D eigenvalue weighted by Gasteiger charge is 2.26. The summed E-state index contributed by atoms with van der Waals surface area (Å²) in [7, 11) is 0. The predicted octanol–water partition coefficient (Wildman–Crippen LogP) is 1.77. The lowest BCUT2D eigenvalue weighted by Crippen LogP contribution is -2.30. The molecular formula is C7H13F2N. The Bertz CT molecular complexity index is 106. The molecule has 0 radical (unpaired) electrons. The van der Waals surface area contributed by atoms with Gasteiger partial charge in [-0.15, -0.1) is 0 Å². The first kappa shape index (κ1) is 7.92. The standard InChI is InChI=1S/C7H13F2N/c8-7(9)5-2-1-3-6(10)4-5/h5-7H,1-4,10H2. The second-order valence-corrected chi connectivity index (χ2v) is 3.02. The molecule has 2 N–H and O–H groups in total. The van der Waals surface area contributed by atoms with E-state index < -0.39 is 12.3 Å². The lowest BCUT2D eigenvalue weighted by Gasteiger charge is -2.25. The Kier molecular flexibility index (Phi) is 2.60. The molecule has 0 aromatic rings. The van der Waals surface area contributed by atoms with Crippen molar-refractivity contribution >= 4 is 0 Å². The van der Waals surface area contributed by atoms with E-state index in [-0.39, 0.29) is 6.04 Å². The minimum absolute atomic E-state index is 0.0211. The van der Waals surface area contributed by atoms with Crippen LogP contribution < -0.4 is 5.73 Å². The predicted molar refractivity (Wildman–Crippen MR) is 35.9 cm³/mol. The zero-order valence-corrected chi connectivity index (χ0v) is 5.89. The van der Waals surface area contributed by atoms with Gasteiger partial charge in [-0.05, 0) is 19.3 Å². The highest BCUT2D eigenvalue weighted by Crippen LogP contribution is 2.27. The maximum Gasteiger partial charge on any atom is 0.241 e. The summed E-state index contributed by atoms with van der Waals surface area (Å²) in [5.74, 6) is -0.427. The smallest absolute Gasteiger partial charge is 0.241 e. The molecule has 2 unspecified atom stereocenters. The quantitative estimate of drug-likeness (QED) is 0.604. The van der Waals surface area contributed by atoms with Crippen molar-refractivity contribution in [2.45, 2.75) is 38.2 Å². The van der Waals surface area contributed by atoms with Gasteiger partial charge in [0.15, 0.2) is 0 Å². The molecule has 0 amide bonds. The van der Waals surface area contributed by atoms with Crippen LogP contribution in [0, 0.1) is 5.92 Å². The van der Waals surface area contributed by atoms with Gasteiger partial charge < -0.3 is 5.73 Å². The highest BCUT2D eigenvalue weighted by molar-refractivity contribution is 4.76. The summed E-state index contributed by atoms with van der Waals surface area (Å²) >= 11 is 0. The summed E-state index contributed by atoms with van der Waals surface area (Å²) in [5.41, 5.74) is 5.53. The van der Waals surface area contributed by atoms with Crippen LogP contribution in [0.25, 0.3) is 0 Å². The fourth-order valence-corrected chi connectivity index (χ4v) is 1.50. The Labute approximate surface area is 59.6 Å². The maximum atomic E-state index is 12.0. The summed E-state index contributed by atoms with van der Waals surface area (Å²) < 4.78 is 24.1. The van der Waals surface area contributed by atoms with Crippen LogP contribution in [0.3, 0.4) is 0 Å². The van der Waals surface area contributed by atoms with Crippen LogP contribution >= 0.6 is 0 Å². The molecule has 1 aliphatic rings. The number of alkyl halides is 2. The van der Waals surface area contributed by atoms with Crippen molar-refractivity contribution < 1.29 is 8.78 Å². The molecule has 60 valence electrons. The second kappa shape index (κ2) is 3.28. The lowest BCUT2D eigenvalue weighted by molar-refractivity contribution is 0.0517. The molecule has 10 heavy (non-hydrogen) atoms. The van der Waals surface area contributed by atoms with E-state index in [2.05, 4.69) is 0 Å². The fourth-order valence-electron chi connectivity index (χ4n) is 1.50. The van der Waals surface area contributed by atoms with Crippen molar-refractivity contribution in [2.75, 3.05) is 0 Å². The van der Waals surface area contributed by atoms with E-state index in [1.165, 1.54) is 0 Å². The van der Waals surface area contributed by atoms with Crippen LogP contribution in [-0.4, -0.2) is 12.5 Å². The van der Waals surface area contributed by atoms with Gasteiger partial charge in [-0.1, -0.05) is 6.42 Å². The van der Waals surface area contributed by atoms with Gasteiger partial charge in [0.25, 0.3) is 0 Å². The average molecular weight is 149 g/mol. The van der Waals surface area contributed by atoms with E-state index in [0.29, 0.717) is 12.8 Å². The van der Waals surface area contributed by atoms with Gasteiger partial charge in [0.05, 0.1) is 0 Å². The summed E-state index contributed by atoms with van der Waals surface area (Å²) in [5, 5.41) is 0. The lowest BCUT2D eigenvalue weighted by atomic mass is 9.86. The van der Waals surface area contributed by atoms with E-state index in [1.807, 2.05) is 0 Å². The van der Waals surface area contributed by atoms with Crippen molar-refractivity contribution in [1.82, 2.24) is 0 Å². The summed E-state index contributed by atoms with van der Waals surface area (Å²) in [6.07, 6.45) is 0.800. The van der Waals surface area contributed by atoms with Crippen molar-refractivity contribution in [3.05, 3.63) is 0 Å². The second-order valence-electron chi connectivity index (χ2n) is 3.02. The largest absolute Gasteiger partial charge is 0.328 e. The third-order valence-electron chi connectivity index (χ3n) is 2.11. The fraction of sp³-hybridized carbons (Fsp3) is 1.00. The number of nitrogens with two attached hydrogens (primary N) is 1. The monoisotopic (exact) mass is 149 g/mol. The molecule has 1 saturated carbocycles. The number of hydrogen-bond acceptors (Lipinski definition) is 1. The normalized spacial score (nSPS) is 34.8. The minimum Gasteiger partial charge on any atom is -0.328 e. The first-order chi connectivity index (χ1) is 4.70. The van der Waals surface area contributed by atoms with Crippen molar-refractivity contribution in [3.8, 4) is 0 Å². The third kappa shape index (κ3) is 1.90. The van der Waals surface area contributed by atoms with Gasteiger partial charge >= 0.3 is 0 Å². The molecule has 0 heterocycles. The number of rotatable bonds is 1. The Hall–Kier alpha value is -0.180. The van der Waals surface area contributed by atoms with Crippen LogP contribution in [0.2, 0.25) is 0 Å². The van der Waals surface area contributed by atoms with Crippen LogP contribution in [0.5, 0.6) is 0 Å². The molecule has 1 aliphatic carbocycles. The van der Waals surface area contributed by atoms with Crippen molar-refractivity contribution in [3.63, 3.8) is 0 Å². The molecule has 2 atom stereocenters. The van der Waals surface area contributed by atoms with Crippen LogP contribution in [0.4, 0.5) is 8.78 Å². The molecule has 1 fully saturated rings. The molecular weight excluding hydrogens is 136 g/mol. The Balaban J connectivity index is 2.32. The van der Waals surface area contributed by atoms with Gasteiger partial charge in [0.2, 0.25) is 6.43 Å². The zero-order chi connectivity index (χ0) is 7.56. The molecule has 1 rings (SSSR count). The summed E-state index contributed by atoms with van der Waals surface area (Å²) in [6, 6.07) is 0.0211. The van der Waals surface area contributed by atoms with Gasteiger partial charge in [0.1, 0.15) is 0 Å². The van der Waals surface area contributed by atoms with Crippen LogP contribution in [-0.2, 0) is 0 Å². The molecule has 0 aromatic heterocycles. The summed E-state index contributed by atoms with van der Waals surface area (Å²) in [4.78, 5) is 0. The van der Waals surface area contributed by atoms with Gasteiger partial charge in [0, 0.05) is 12.0 Å². The molecule has 1 nitrogen and oxygen atoms in total. The van der Waals surface area contributed by atoms with Gasteiger partial charge in [-0.2, -0.15) is 0 Å². The minimum atomic E-state index is -2.16. The number of hydrogen-bond donors (Lipinski definition) is 1. The molecule has 0 saturated heterocycles. The molecule has 0 bridgehead atoms. The van der Waals surface area contributed by atoms with Crippen LogP contribution in [0.1, 0.15) is 25.7 Å². The van der Waals surface area contributed by atoms with Crippen molar-refractivity contribution in [1.29, 1.82) is 0 Å². The molecule has 0 aliphatic heterocycles. The first-order valence-corrected chi connectivity index (χ1v) is 3.74. The Morgan fingerprint density at radius 1 is 1.30 bits per heavy atom. The third-order valence-corrected chi connectivity index (χ3v) is 2.11. The van der Waals surface area contributed by atoms with E-state index in [1.54, 1.807) is 0 Å². The SMILES string of the molecule is NC1CCCC(C(F)F)C1. The van der Waals surface area contributed by atoms with E-state index in [4.69, 9.17) is 5.73 Å². The van der Waals surface area contributed by atoms with Crippen molar-refractivity contribution in [2.24, 2.45) is 11.7 Å². The summed E-state index contributed by atoms with van der Waals surface area (Å²) in [6.45, 7) is 0. The van der Waals surface area contributed by atoms with E-state index >= 15 is 0 Å². The molecule has 3 heteroatoms. The van der Waals surface area contributed by atoms with Crippen LogP contribution in [0.15, 0.2) is 0 Å². The Morgan fingerprint density at radius 3 is 2.40 bits per heavy atom. The average Bonchev–Trinajstić information content (AvgIpc) is 1.88. The molecule has 0 spiro atoms. The van der Waals surface area contributed by atoms with E-state index in [0.717, 1.165) is 12.8 Å². The maximum absolute atomic E-state index is 12.0.